The number of fused-ring (bicyclic) bond motifs is 1. The summed E-state index contributed by atoms with van der Waals surface area (Å²) in [5.74, 6) is 6.65. The first-order valence-corrected chi connectivity index (χ1v) is 8.57. The summed E-state index contributed by atoms with van der Waals surface area (Å²) < 4.78 is 12.0. The van der Waals surface area contributed by atoms with Gasteiger partial charge in [0.05, 0.1) is 19.0 Å². The Labute approximate surface area is 147 Å². The smallest absolute Gasteiger partial charge is 0.294 e. The highest BCUT2D eigenvalue weighted by molar-refractivity contribution is 7.99. The van der Waals surface area contributed by atoms with E-state index in [-0.39, 0.29) is 22.5 Å². The van der Waals surface area contributed by atoms with Crippen LogP contribution >= 0.6 is 11.8 Å². The Bertz CT molecular complexity index is 854. The molecule has 1 aliphatic rings. The third-order valence-corrected chi connectivity index (χ3v) is 4.33. The quantitative estimate of drug-likeness (QED) is 0.597. The third-order valence-electron chi connectivity index (χ3n) is 3.38. The van der Waals surface area contributed by atoms with Crippen LogP contribution in [-0.4, -0.2) is 39.7 Å². The maximum atomic E-state index is 12.1. The highest BCUT2D eigenvalue weighted by Gasteiger charge is 2.13. The first-order valence-electron chi connectivity index (χ1n) is 7.58. The van der Waals surface area contributed by atoms with Crippen molar-refractivity contribution in [3.8, 4) is 11.5 Å². The van der Waals surface area contributed by atoms with Crippen molar-refractivity contribution in [2.24, 2.45) is 0 Å². The summed E-state index contributed by atoms with van der Waals surface area (Å²) >= 11 is 1.03. The van der Waals surface area contributed by atoms with E-state index < -0.39 is 5.56 Å². The number of benzene rings is 1. The maximum absolute atomic E-state index is 12.1. The minimum Gasteiger partial charge on any atom is -0.490 e. The number of hydrogen-bond acceptors (Lipinski definition) is 8. The summed E-state index contributed by atoms with van der Waals surface area (Å²) in [7, 11) is 0. The van der Waals surface area contributed by atoms with E-state index in [2.05, 4.69) is 15.5 Å². The number of rotatable bonds is 4. The van der Waals surface area contributed by atoms with Gasteiger partial charge in [0.25, 0.3) is 5.56 Å². The summed E-state index contributed by atoms with van der Waals surface area (Å²) in [6.45, 7) is 2.69. The van der Waals surface area contributed by atoms with Crippen molar-refractivity contribution in [1.82, 2.24) is 14.9 Å². The molecule has 0 atom stereocenters. The van der Waals surface area contributed by atoms with Gasteiger partial charge < -0.3 is 20.6 Å². The van der Waals surface area contributed by atoms with Gasteiger partial charge in [-0.15, -0.1) is 10.2 Å². The number of aryl methyl sites for hydroxylation is 1. The highest BCUT2D eigenvalue weighted by Crippen LogP contribution is 2.32. The molecule has 132 valence electrons. The lowest BCUT2D eigenvalue weighted by Gasteiger charge is -2.10. The van der Waals surface area contributed by atoms with Gasteiger partial charge in [-0.25, -0.2) is 0 Å². The summed E-state index contributed by atoms with van der Waals surface area (Å²) in [4.78, 5) is 23.8. The van der Waals surface area contributed by atoms with Crippen molar-refractivity contribution in [2.45, 2.75) is 18.5 Å². The number of hydrogen-bond donors (Lipinski definition) is 2. The SMILES string of the molecule is Cc1nnc(SCC(=O)Nc2ccc3c(c2)OCCCO3)n(N)c1=O. The molecule has 0 spiro atoms. The number of thioether (sulfide) groups is 1. The molecule has 0 fully saturated rings. The fourth-order valence-electron chi connectivity index (χ4n) is 2.14. The predicted molar refractivity (Wildman–Crippen MR) is 92.6 cm³/mol. The van der Waals surface area contributed by atoms with Crippen molar-refractivity contribution < 1.29 is 14.3 Å². The van der Waals surface area contributed by atoms with E-state index >= 15 is 0 Å². The van der Waals surface area contributed by atoms with Crippen molar-refractivity contribution in [3.63, 3.8) is 0 Å². The molecule has 2 aromatic rings. The molecule has 0 radical (unpaired) electrons. The molecular formula is C15H17N5O4S. The standard InChI is InChI=1S/C15H17N5O4S/c1-9-14(22)20(16)15(19-18-9)25-8-13(21)17-10-3-4-11-12(7-10)24-6-2-5-23-11/h3-4,7H,2,5-6,8,16H2,1H3,(H,17,21). The first-order chi connectivity index (χ1) is 12.0. The Hall–Kier alpha value is -2.75. The Balaban J connectivity index is 1.62. The van der Waals surface area contributed by atoms with Gasteiger partial charge in [0.2, 0.25) is 11.1 Å². The number of amides is 1. The van der Waals surface area contributed by atoms with Crippen LogP contribution in [0.1, 0.15) is 12.1 Å². The normalized spacial score (nSPS) is 13.2. The largest absolute Gasteiger partial charge is 0.490 e. The summed E-state index contributed by atoms with van der Waals surface area (Å²) in [5.41, 5.74) is 0.347. The zero-order valence-corrected chi connectivity index (χ0v) is 14.3. The van der Waals surface area contributed by atoms with E-state index in [1.807, 2.05) is 0 Å². The second-order valence-electron chi connectivity index (χ2n) is 5.29. The molecule has 0 unspecified atom stereocenters. The fraction of sp³-hybridized carbons (Fsp3) is 0.333. The van der Waals surface area contributed by atoms with E-state index in [0.717, 1.165) is 22.9 Å². The second-order valence-corrected chi connectivity index (χ2v) is 6.23. The number of nitrogens with one attached hydrogen (secondary N) is 1. The van der Waals surface area contributed by atoms with Crippen LogP contribution in [0, 0.1) is 6.92 Å². The topological polar surface area (TPSA) is 121 Å². The lowest BCUT2D eigenvalue weighted by Crippen LogP contribution is -2.32. The number of anilines is 1. The van der Waals surface area contributed by atoms with Crippen LogP contribution in [0.5, 0.6) is 11.5 Å². The number of carbonyl (C=O) groups excluding carboxylic acids is 1. The molecule has 1 aliphatic heterocycles. The van der Waals surface area contributed by atoms with Crippen LogP contribution < -0.4 is 26.2 Å². The van der Waals surface area contributed by atoms with E-state index in [1.54, 1.807) is 18.2 Å². The molecule has 3 N–H and O–H groups in total. The lowest BCUT2D eigenvalue weighted by molar-refractivity contribution is -0.113. The molecule has 1 aromatic heterocycles. The molecule has 0 saturated heterocycles. The third kappa shape index (κ3) is 4.02. The number of nitrogens with two attached hydrogens (primary N) is 1. The van der Waals surface area contributed by atoms with Crippen molar-refractivity contribution in [2.75, 3.05) is 30.1 Å². The van der Waals surface area contributed by atoms with Crippen molar-refractivity contribution in [3.05, 3.63) is 34.2 Å². The average molecular weight is 363 g/mol. The zero-order chi connectivity index (χ0) is 17.8. The van der Waals surface area contributed by atoms with E-state index in [9.17, 15) is 9.59 Å². The Morgan fingerprint density at radius 1 is 1.32 bits per heavy atom. The van der Waals surface area contributed by atoms with E-state index in [4.69, 9.17) is 15.3 Å². The van der Waals surface area contributed by atoms with Crippen LogP contribution in [0.3, 0.4) is 0 Å². The number of nitrogens with zero attached hydrogens (tertiary/aromatic N) is 3. The molecule has 0 aliphatic carbocycles. The summed E-state index contributed by atoms with van der Waals surface area (Å²) in [6, 6.07) is 5.21. The molecule has 1 aromatic carbocycles. The molecular weight excluding hydrogens is 346 g/mol. The molecule has 10 heteroatoms. The zero-order valence-electron chi connectivity index (χ0n) is 13.5. The van der Waals surface area contributed by atoms with Gasteiger partial charge in [0.1, 0.15) is 5.69 Å². The van der Waals surface area contributed by atoms with Crippen LogP contribution in [0.15, 0.2) is 28.2 Å². The molecule has 25 heavy (non-hydrogen) atoms. The van der Waals surface area contributed by atoms with Gasteiger partial charge in [-0.1, -0.05) is 11.8 Å². The van der Waals surface area contributed by atoms with Gasteiger partial charge in [0, 0.05) is 18.2 Å². The Morgan fingerprint density at radius 2 is 2.08 bits per heavy atom. The minimum absolute atomic E-state index is 0.0306. The number of nitrogen functional groups attached to an aromatic ring is 1. The minimum atomic E-state index is -0.444. The predicted octanol–water partition coefficient (Wildman–Crippen LogP) is 0.553. The molecule has 2 heterocycles. The fourth-order valence-corrected chi connectivity index (χ4v) is 2.79. The summed E-state index contributed by atoms with van der Waals surface area (Å²) in [5, 5.41) is 10.5. The average Bonchev–Trinajstić information content (AvgIpc) is 2.84. The van der Waals surface area contributed by atoms with Gasteiger partial charge in [0.15, 0.2) is 11.5 Å². The van der Waals surface area contributed by atoms with E-state index in [1.165, 1.54) is 6.92 Å². The van der Waals surface area contributed by atoms with Gasteiger partial charge in [-0.05, 0) is 19.1 Å². The number of carbonyl (C=O) groups is 1. The number of aromatic nitrogens is 3. The van der Waals surface area contributed by atoms with Crippen molar-refractivity contribution >= 4 is 23.4 Å². The number of ether oxygens (including phenoxy) is 2. The van der Waals surface area contributed by atoms with E-state index in [0.29, 0.717) is 30.4 Å². The first kappa shape index (κ1) is 17.1. The highest BCUT2D eigenvalue weighted by atomic mass is 32.2. The molecule has 0 bridgehead atoms. The van der Waals surface area contributed by atoms with Gasteiger partial charge in [-0.2, -0.15) is 4.68 Å². The maximum Gasteiger partial charge on any atom is 0.294 e. The molecule has 9 nitrogen and oxygen atoms in total. The Kier molecular flexibility index (Phi) is 5.08. The molecule has 0 saturated carbocycles. The van der Waals surface area contributed by atoms with Crippen molar-refractivity contribution in [1.29, 1.82) is 0 Å². The second kappa shape index (κ2) is 7.43. The van der Waals surface area contributed by atoms with Crippen LogP contribution in [0.2, 0.25) is 0 Å². The summed E-state index contributed by atoms with van der Waals surface area (Å²) in [6.07, 6.45) is 0.811. The van der Waals surface area contributed by atoms with Gasteiger partial charge in [-0.3, -0.25) is 9.59 Å². The van der Waals surface area contributed by atoms with Crippen LogP contribution in [-0.2, 0) is 4.79 Å². The molecule has 3 rings (SSSR count). The van der Waals surface area contributed by atoms with Gasteiger partial charge >= 0.3 is 0 Å². The van der Waals surface area contributed by atoms with Crippen LogP contribution in [0.4, 0.5) is 5.69 Å². The van der Waals surface area contributed by atoms with Crippen LogP contribution in [0.25, 0.3) is 0 Å². The monoisotopic (exact) mass is 363 g/mol. The molecule has 1 amide bonds. The Morgan fingerprint density at radius 3 is 2.88 bits per heavy atom. The lowest BCUT2D eigenvalue weighted by atomic mass is 10.2.